The molecule has 1 aromatic rings. The summed E-state index contributed by atoms with van der Waals surface area (Å²) in [5.41, 5.74) is 8.95. The molecule has 2 heteroatoms. The Kier molecular flexibility index (Phi) is 3.98. The molecule has 0 saturated heterocycles. The van der Waals surface area contributed by atoms with Crippen molar-refractivity contribution >= 4 is 0 Å². The van der Waals surface area contributed by atoms with Crippen molar-refractivity contribution in [3.05, 3.63) is 28.8 Å². The van der Waals surface area contributed by atoms with Gasteiger partial charge in [-0.05, 0) is 54.5 Å². The Balaban J connectivity index is 3.07. The molecular weight excluding hydrogens is 198 g/mol. The van der Waals surface area contributed by atoms with Gasteiger partial charge in [-0.1, -0.05) is 26.8 Å². The maximum absolute atomic E-state index is 10.0. The van der Waals surface area contributed by atoms with E-state index in [1.165, 1.54) is 11.1 Å². The van der Waals surface area contributed by atoms with Crippen LogP contribution in [0.2, 0.25) is 0 Å². The largest absolute Gasteiger partial charge is 0.508 e. The second kappa shape index (κ2) is 4.88. The Morgan fingerprint density at radius 2 is 1.88 bits per heavy atom. The number of aryl methyl sites for hydroxylation is 2. The van der Waals surface area contributed by atoms with E-state index in [4.69, 9.17) is 5.73 Å². The minimum Gasteiger partial charge on any atom is -0.508 e. The average molecular weight is 221 g/mol. The first-order chi connectivity index (χ1) is 7.36. The molecule has 0 fully saturated rings. The van der Waals surface area contributed by atoms with Crippen LogP contribution in [0.4, 0.5) is 0 Å². The van der Waals surface area contributed by atoms with Crippen LogP contribution in [0.5, 0.6) is 5.75 Å². The highest BCUT2D eigenvalue weighted by molar-refractivity contribution is 5.44. The highest BCUT2D eigenvalue weighted by Crippen LogP contribution is 2.33. The van der Waals surface area contributed by atoms with Crippen LogP contribution in [-0.4, -0.2) is 11.7 Å². The summed E-state index contributed by atoms with van der Waals surface area (Å²) < 4.78 is 0. The van der Waals surface area contributed by atoms with E-state index in [0.717, 1.165) is 18.4 Å². The first kappa shape index (κ1) is 13.0. The third-order valence-electron chi connectivity index (χ3n) is 2.91. The first-order valence-corrected chi connectivity index (χ1v) is 5.89. The van der Waals surface area contributed by atoms with E-state index in [1.54, 1.807) is 0 Å². The molecule has 0 aromatic heterocycles. The number of phenols is 1. The molecule has 0 aliphatic carbocycles. The highest BCUT2D eigenvalue weighted by Gasteiger charge is 2.19. The fraction of sp³-hybridized carbons (Fsp3) is 0.571. The number of aromatic hydroxyl groups is 1. The summed E-state index contributed by atoms with van der Waals surface area (Å²) in [7, 11) is 0. The first-order valence-electron chi connectivity index (χ1n) is 5.89. The van der Waals surface area contributed by atoms with Crippen molar-refractivity contribution in [2.45, 2.75) is 46.0 Å². The third kappa shape index (κ3) is 2.99. The van der Waals surface area contributed by atoms with E-state index in [0.29, 0.717) is 12.3 Å². The molecule has 0 spiro atoms. The Bertz CT molecular complexity index is 364. The van der Waals surface area contributed by atoms with E-state index in [1.807, 2.05) is 6.07 Å². The van der Waals surface area contributed by atoms with Crippen molar-refractivity contribution in [2.75, 3.05) is 6.54 Å². The monoisotopic (exact) mass is 221 g/mol. The lowest BCUT2D eigenvalue weighted by atomic mass is 9.84. The SMILES string of the molecule is Cc1cc(C(C)(C)C)c(O)cc1CCCN. The van der Waals surface area contributed by atoms with Crippen molar-refractivity contribution in [1.82, 2.24) is 0 Å². The Hall–Kier alpha value is -1.02. The minimum absolute atomic E-state index is 0.0127. The van der Waals surface area contributed by atoms with E-state index < -0.39 is 0 Å². The molecule has 0 amide bonds. The maximum Gasteiger partial charge on any atom is 0.119 e. The van der Waals surface area contributed by atoms with Crippen molar-refractivity contribution in [3.8, 4) is 5.75 Å². The minimum atomic E-state index is -0.0127. The molecule has 16 heavy (non-hydrogen) atoms. The molecule has 0 atom stereocenters. The Labute approximate surface area is 98.5 Å². The second-order valence-corrected chi connectivity index (χ2v) is 5.44. The Morgan fingerprint density at radius 3 is 2.38 bits per heavy atom. The summed E-state index contributed by atoms with van der Waals surface area (Å²) in [4.78, 5) is 0. The zero-order valence-electron chi connectivity index (χ0n) is 10.8. The average Bonchev–Trinajstić information content (AvgIpc) is 2.17. The quantitative estimate of drug-likeness (QED) is 0.824. The predicted octanol–water partition coefficient (Wildman–Crippen LogP) is 2.89. The maximum atomic E-state index is 10.0. The lowest BCUT2D eigenvalue weighted by molar-refractivity contribution is 0.445. The molecule has 0 bridgehead atoms. The second-order valence-electron chi connectivity index (χ2n) is 5.44. The lowest BCUT2D eigenvalue weighted by Crippen LogP contribution is -2.12. The van der Waals surface area contributed by atoms with Gasteiger partial charge in [0, 0.05) is 0 Å². The number of hydrogen-bond acceptors (Lipinski definition) is 2. The molecule has 1 aromatic carbocycles. The number of hydrogen-bond donors (Lipinski definition) is 2. The fourth-order valence-electron chi connectivity index (χ4n) is 1.90. The van der Waals surface area contributed by atoms with Crippen LogP contribution in [0.25, 0.3) is 0 Å². The van der Waals surface area contributed by atoms with Gasteiger partial charge in [-0.2, -0.15) is 0 Å². The number of nitrogens with two attached hydrogens (primary N) is 1. The van der Waals surface area contributed by atoms with Gasteiger partial charge in [0.1, 0.15) is 5.75 Å². The van der Waals surface area contributed by atoms with Gasteiger partial charge in [-0.3, -0.25) is 0 Å². The molecule has 0 heterocycles. The number of rotatable bonds is 3. The van der Waals surface area contributed by atoms with Crippen molar-refractivity contribution < 1.29 is 5.11 Å². The molecule has 1 rings (SSSR count). The summed E-state index contributed by atoms with van der Waals surface area (Å²) in [6.45, 7) is 9.13. The standard InChI is InChI=1S/C14H23NO/c1-10-8-12(14(2,3)4)13(16)9-11(10)6-5-7-15/h8-9,16H,5-7,15H2,1-4H3. The highest BCUT2D eigenvalue weighted by atomic mass is 16.3. The topological polar surface area (TPSA) is 46.2 Å². The summed E-state index contributed by atoms with van der Waals surface area (Å²) in [5, 5.41) is 10.0. The molecule has 0 aliphatic rings. The number of phenolic OH excluding ortho intramolecular Hbond substituents is 1. The molecule has 90 valence electrons. The third-order valence-corrected chi connectivity index (χ3v) is 2.91. The molecule has 0 aliphatic heterocycles. The summed E-state index contributed by atoms with van der Waals surface area (Å²) in [6, 6.07) is 3.99. The van der Waals surface area contributed by atoms with E-state index in [-0.39, 0.29) is 5.41 Å². The summed E-state index contributed by atoms with van der Waals surface area (Å²) in [6.07, 6.45) is 1.91. The molecule has 0 radical (unpaired) electrons. The molecule has 0 saturated carbocycles. The van der Waals surface area contributed by atoms with Crippen LogP contribution < -0.4 is 5.73 Å². The van der Waals surface area contributed by atoms with Crippen molar-refractivity contribution in [2.24, 2.45) is 5.73 Å². The van der Waals surface area contributed by atoms with Crippen molar-refractivity contribution in [3.63, 3.8) is 0 Å². The molecule has 2 nitrogen and oxygen atoms in total. The van der Waals surface area contributed by atoms with Gasteiger partial charge in [0.05, 0.1) is 0 Å². The van der Waals surface area contributed by atoms with Crippen LogP contribution in [0.1, 0.15) is 43.9 Å². The van der Waals surface area contributed by atoms with Gasteiger partial charge in [-0.15, -0.1) is 0 Å². The van der Waals surface area contributed by atoms with E-state index in [2.05, 4.69) is 33.8 Å². The molecule has 0 unspecified atom stereocenters. The molecular formula is C14H23NO. The van der Waals surface area contributed by atoms with Crippen LogP contribution in [0.15, 0.2) is 12.1 Å². The van der Waals surface area contributed by atoms with Gasteiger partial charge in [0.2, 0.25) is 0 Å². The van der Waals surface area contributed by atoms with Gasteiger partial charge in [0.25, 0.3) is 0 Å². The zero-order chi connectivity index (χ0) is 12.3. The van der Waals surface area contributed by atoms with Crippen LogP contribution >= 0.6 is 0 Å². The van der Waals surface area contributed by atoms with Crippen LogP contribution in [0, 0.1) is 6.92 Å². The Morgan fingerprint density at radius 1 is 1.25 bits per heavy atom. The van der Waals surface area contributed by atoms with E-state index >= 15 is 0 Å². The normalized spacial score (nSPS) is 11.8. The summed E-state index contributed by atoms with van der Waals surface area (Å²) in [5.74, 6) is 0.408. The summed E-state index contributed by atoms with van der Waals surface area (Å²) >= 11 is 0. The zero-order valence-corrected chi connectivity index (χ0v) is 10.8. The van der Waals surface area contributed by atoms with Crippen LogP contribution in [0.3, 0.4) is 0 Å². The van der Waals surface area contributed by atoms with Gasteiger partial charge >= 0.3 is 0 Å². The molecule has 3 N–H and O–H groups in total. The van der Waals surface area contributed by atoms with Gasteiger partial charge in [-0.25, -0.2) is 0 Å². The van der Waals surface area contributed by atoms with Crippen LogP contribution in [-0.2, 0) is 11.8 Å². The fourth-order valence-corrected chi connectivity index (χ4v) is 1.90. The number of benzene rings is 1. The van der Waals surface area contributed by atoms with Crippen molar-refractivity contribution in [1.29, 1.82) is 0 Å². The van der Waals surface area contributed by atoms with Gasteiger partial charge < -0.3 is 10.8 Å². The smallest absolute Gasteiger partial charge is 0.119 e. The predicted molar refractivity (Wildman–Crippen MR) is 68.9 cm³/mol. The van der Waals surface area contributed by atoms with E-state index in [9.17, 15) is 5.11 Å². The van der Waals surface area contributed by atoms with Gasteiger partial charge in [0.15, 0.2) is 0 Å². The lowest BCUT2D eigenvalue weighted by Gasteiger charge is -2.22.